The van der Waals surface area contributed by atoms with E-state index in [0.29, 0.717) is 18.3 Å². The van der Waals surface area contributed by atoms with Gasteiger partial charge in [0.25, 0.3) is 0 Å². The highest BCUT2D eigenvalue weighted by molar-refractivity contribution is 7.15. The van der Waals surface area contributed by atoms with Crippen molar-refractivity contribution in [3.05, 3.63) is 10.6 Å². The topological polar surface area (TPSA) is 106 Å². The number of carbonyl (C=O) groups is 2. The molecule has 2 rings (SSSR count). The first-order chi connectivity index (χ1) is 9.97. The van der Waals surface area contributed by atoms with E-state index in [1.165, 1.54) is 11.3 Å². The maximum atomic E-state index is 11.8. The molecule has 1 aromatic rings. The second-order valence-electron chi connectivity index (χ2n) is 5.23. The van der Waals surface area contributed by atoms with Crippen LogP contribution in [0.1, 0.15) is 24.4 Å². The summed E-state index contributed by atoms with van der Waals surface area (Å²) in [6.45, 7) is 4.80. The number of carbonyl (C=O) groups excluding carboxylic acids is 2. The summed E-state index contributed by atoms with van der Waals surface area (Å²) in [5.74, 6) is -0.614. The van der Waals surface area contributed by atoms with Crippen molar-refractivity contribution in [2.24, 2.45) is 11.7 Å². The Morgan fingerprint density at radius 2 is 2.24 bits per heavy atom. The molecular weight excluding hydrogens is 292 g/mol. The third kappa shape index (κ3) is 4.23. The van der Waals surface area contributed by atoms with Gasteiger partial charge in [-0.2, -0.15) is 0 Å². The summed E-state index contributed by atoms with van der Waals surface area (Å²) >= 11 is 1.40. The standard InChI is InChI=1S/C13H20N4O3S/c1-7(2)11(14)12(19)15-5-10(18)17-13-16-8-3-4-20-6-9(8)21-13/h7,11H,3-6,14H2,1-2H3,(H,15,19)(H,16,17,18)/t11-/m0/s1. The number of hydrogen-bond donors (Lipinski definition) is 3. The lowest BCUT2D eigenvalue weighted by molar-refractivity contribution is -0.125. The second-order valence-corrected chi connectivity index (χ2v) is 6.31. The fourth-order valence-electron chi connectivity index (χ4n) is 1.83. The highest BCUT2D eigenvalue weighted by atomic mass is 32.1. The zero-order valence-electron chi connectivity index (χ0n) is 12.1. The number of fused-ring (bicyclic) bond motifs is 1. The van der Waals surface area contributed by atoms with Gasteiger partial charge in [0, 0.05) is 6.42 Å². The molecule has 2 heterocycles. The van der Waals surface area contributed by atoms with E-state index in [2.05, 4.69) is 15.6 Å². The Morgan fingerprint density at radius 1 is 1.48 bits per heavy atom. The average Bonchev–Trinajstić information content (AvgIpc) is 2.85. The normalized spacial score (nSPS) is 15.4. The van der Waals surface area contributed by atoms with Crippen LogP contribution in [0.4, 0.5) is 5.13 Å². The molecule has 2 amide bonds. The lowest BCUT2D eigenvalue weighted by atomic mass is 10.1. The van der Waals surface area contributed by atoms with Crippen LogP contribution >= 0.6 is 11.3 Å². The molecule has 8 heteroatoms. The monoisotopic (exact) mass is 312 g/mol. The van der Waals surface area contributed by atoms with Crippen molar-refractivity contribution < 1.29 is 14.3 Å². The molecule has 1 aliphatic rings. The number of anilines is 1. The number of aromatic nitrogens is 1. The van der Waals surface area contributed by atoms with Gasteiger partial charge in [-0.1, -0.05) is 25.2 Å². The Bertz CT molecular complexity index is 506. The Hall–Kier alpha value is -1.51. The molecule has 116 valence electrons. The molecule has 1 aliphatic heterocycles. The molecule has 0 radical (unpaired) electrons. The van der Waals surface area contributed by atoms with Gasteiger partial charge in [0.05, 0.1) is 36.4 Å². The number of thiazole rings is 1. The Labute approximate surface area is 127 Å². The van der Waals surface area contributed by atoms with Crippen molar-refractivity contribution in [1.82, 2.24) is 10.3 Å². The number of hydrogen-bond acceptors (Lipinski definition) is 6. The van der Waals surface area contributed by atoms with Crippen LogP contribution in [0.3, 0.4) is 0 Å². The van der Waals surface area contributed by atoms with Crippen LogP contribution in [0.25, 0.3) is 0 Å². The molecule has 0 spiro atoms. The number of amides is 2. The average molecular weight is 312 g/mol. The molecule has 7 nitrogen and oxygen atoms in total. The Morgan fingerprint density at radius 3 is 2.90 bits per heavy atom. The number of ether oxygens (including phenoxy) is 1. The van der Waals surface area contributed by atoms with E-state index in [9.17, 15) is 9.59 Å². The molecule has 1 atom stereocenters. The van der Waals surface area contributed by atoms with Gasteiger partial charge in [0.1, 0.15) is 0 Å². The Kier molecular flexibility index (Phi) is 5.27. The first kappa shape index (κ1) is 15.9. The predicted molar refractivity (Wildman–Crippen MR) is 79.9 cm³/mol. The van der Waals surface area contributed by atoms with Crippen LogP contribution in [-0.2, 0) is 27.4 Å². The molecule has 0 saturated heterocycles. The molecule has 0 fully saturated rings. The van der Waals surface area contributed by atoms with Crippen LogP contribution in [0.5, 0.6) is 0 Å². The molecule has 0 unspecified atom stereocenters. The molecule has 21 heavy (non-hydrogen) atoms. The van der Waals surface area contributed by atoms with E-state index in [1.54, 1.807) is 0 Å². The molecule has 0 saturated carbocycles. The molecule has 1 aromatic heterocycles. The van der Waals surface area contributed by atoms with Crippen LogP contribution < -0.4 is 16.4 Å². The van der Waals surface area contributed by atoms with Gasteiger partial charge >= 0.3 is 0 Å². The summed E-state index contributed by atoms with van der Waals surface area (Å²) in [6.07, 6.45) is 0.766. The smallest absolute Gasteiger partial charge is 0.245 e. The summed E-state index contributed by atoms with van der Waals surface area (Å²) in [5, 5.41) is 5.74. The van der Waals surface area contributed by atoms with Crippen molar-refractivity contribution >= 4 is 28.3 Å². The minimum Gasteiger partial charge on any atom is -0.375 e. The number of rotatable bonds is 5. The predicted octanol–water partition coefficient (Wildman–Crippen LogP) is 0.254. The van der Waals surface area contributed by atoms with E-state index < -0.39 is 6.04 Å². The van der Waals surface area contributed by atoms with Crippen molar-refractivity contribution in [2.75, 3.05) is 18.5 Å². The molecular formula is C13H20N4O3S. The van der Waals surface area contributed by atoms with Gasteiger partial charge in [-0.3, -0.25) is 9.59 Å². The van der Waals surface area contributed by atoms with Crippen LogP contribution in [0.2, 0.25) is 0 Å². The highest BCUT2D eigenvalue weighted by Gasteiger charge is 2.19. The van der Waals surface area contributed by atoms with E-state index in [-0.39, 0.29) is 24.3 Å². The lowest BCUT2D eigenvalue weighted by Gasteiger charge is -2.14. The van der Waals surface area contributed by atoms with Crippen molar-refractivity contribution in [3.63, 3.8) is 0 Å². The third-order valence-electron chi connectivity index (χ3n) is 3.19. The van der Waals surface area contributed by atoms with Crippen molar-refractivity contribution in [3.8, 4) is 0 Å². The first-order valence-corrected chi connectivity index (χ1v) is 7.68. The summed E-state index contributed by atoms with van der Waals surface area (Å²) < 4.78 is 5.33. The minimum atomic E-state index is -0.609. The lowest BCUT2D eigenvalue weighted by Crippen LogP contribution is -2.46. The molecule has 4 N–H and O–H groups in total. The van der Waals surface area contributed by atoms with Gasteiger partial charge in [0.15, 0.2) is 5.13 Å². The number of nitrogens with zero attached hydrogens (tertiary/aromatic N) is 1. The molecule has 0 bridgehead atoms. The van der Waals surface area contributed by atoms with E-state index in [0.717, 1.165) is 17.0 Å². The second kappa shape index (κ2) is 6.97. The maximum absolute atomic E-state index is 11.8. The van der Waals surface area contributed by atoms with Gasteiger partial charge < -0.3 is 21.1 Å². The summed E-state index contributed by atoms with van der Waals surface area (Å²) in [7, 11) is 0. The number of nitrogens with two attached hydrogens (primary N) is 1. The summed E-state index contributed by atoms with van der Waals surface area (Å²) in [4.78, 5) is 28.8. The fraction of sp³-hybridized carbons (Fsp3) is 0.615. The third-order valence-corrected chi connectivity index (χ3v) is 4.17. The maximum Gasteiger partial charge on any atom is 0.245 e. The zero-order valence-corrected chi connectivity index (χ0v) is 13.0. The Balaban J connectivity index is 1.82. The van der Waals surface area contributed by atoms with E-state index in [1.807, 2.05) is 13.8 Å². The van der Waals surface area contributed by atoms with E-state index in [4.69, 9.17) is 10.5 Å². The largest absolute Gasteiger partial charge is 0.375 e. The quantitative estimate of drug-likeness (QED) is 0.723. The molecule has 0 aromatic carbocycles. The summed E-state index contributed by atoms with van der Waals surface area (Å²) in [6, 6.07) is -0.609. The fourth-order valence-corrected chi connectivity index (χ4v) is 2.79. The molecule has 0 aliphatic carbocycles. The van der Waals surface area contributed by atoms with Gasteiger partial charge in [-0.15, -0.1) is 0 Å². The minimum absolute atomic E-state index is 0.0266. The number of nitrogens with one attached hydrogen (secondary N) is 2. The highest BCUT2D eigenvalue weighted by Crippen LogP contribution is 2.26. The van der Waals surface area contributed by atoms with Gasteiger partial charge in [-0.25, -0.2) is 4.98 Å². The van der Waals surface area contributed by atoms with Crippen molar-refractivity contribution in [2.45, 2.75) is 32.9 Å². The zero-order chi connectivity index (χ0) is 15.4. The van der Waals surface area contributed by atoms with Crippen molar-refractivity contribution in [1.29, 1.82) is 0 Å². The SMILES string of the molecule is CC(C)[C@H](N)C(=O)NCC(=O)Nc1nc2c(s1)COCC2. The first-order valence-electron chi connectivity index (χ1n) is 6.87. The van der Waals surface area contributed by atoms with Crippen LogP contribution in [0.15, 0.2) is 0 Å². The summed E-state index contributed by atoms with van der Waals surface area (Å²) in [5.41, 5.74) is 6.68. The van der Waals surface area contributed by atoms with Gasteiger partial charge in [0.2, 0.25) is 11.8 Å². The van der Waals surface area contributed by atoms with Gasteiger partial charge in [-0.05, 0) is 5.92 Å². The van der Waals surface area contributed by atoms with Crippen LogP contribution in [-0.4, -0.2) is 36.0 Å². The van der Waals surface area contributed by atoms with E-state index >= 15 is 0 Å². The van der Waals surface area contributed by atoms with Crippen LogP contribution in [0, 0.1) is 5.92 Å².